The van der Waals surface area contributed by atoms with Gasteiger partial charge >= 0.3 is 0 Å². The lowest BCUT2D eigenvalue weighted by Gasteiger charge is -2.49. The van der Waals surface area contributed by atoms with E-state index in [-0.39, 0.29) is 24.0 Å². The van der Waals surface area contributed by atoms with Crippen molar-refractivity contribution in [2.24, 2.45) is 0 Å². The number of amides is 2. The number of rotatable bonds is 4. The summed E-state index contributed by atoms with van der Waals surface area (Å²) in [6.07, 6.45) is 2.72. The fraction of sp³-hybridized carbons (Fsp3) is 0.600. The number of hydrogen-bond acceptors (Lipinski definition) is 5. The third-order valence-corrected chi connectivity index (χ3v) is 5.98. The van der Waals surface area contributed by atoms with Gasteiger partial charge in [-0.2, -0.15) is 0 Å². The summed E-state index contributed by atoms with van der Waals surface area (Å²) in [5.74, 6) is 0.818. The van der Waals surface area contributed by atoms with Crippen LogP contribution in [0.4, 0.5) is 0 Å². The lowest BCUT2D eigenvalue weighted by molar-refractivity contribution is -0.138. The Morgan fingerprint density at radius 1 is 1.26 bits per heavy atom. The maximum absolute atomic E-state index is 12.5. The fourth-order valence-corrected chi connectivity index (χ4v) is 4.40. The van der Waals surface area contributed by atoms with Crippen molar-refractivity contribution in [3.05, 3.63) is 30.3 Å². The van der Waals surface area contributed by atoms with E-state index in [1.165, 1.54) is 0 Å². The molecule has 146 valence electrons. The molecule has 7 heteroatoms. The number of likely N-dealkylation sites (tertiary alicyclic amines) is 1. The van der Waals surface area contributed by atoms with Gasteiger partial charge in [0, 0.05) is 32.3 Å². The maximum atomic E-state index is 12.5. The molecule has 0 saturated carbocycles. The van der Waals surface area contributed by atoms with Gasteiger partial charge in [-0.3, -0.25) is 14.5 Å². The summed E-state index contributed by atoms with van der Waals surface area (Å²) < 4.78 is 11.2. The SMILES string of the molecule is O=C1CN(C2CCN(C(=O)COc3ccccc3)CC2)C2(CCOC2)CN1. The molecule has 1 N–H and O–H groups in total. The van der Waals surface area contributed by atoms with E-state index in [0.29, 0.717) is 44.6 Å². The molecule has 1 spiro atoms. The van der Waals surface area contributed by atoms with Gasteiger partial charge in [-0.25, -0.2) is 0 Å². The van der Waals surface area contributed by atoms with E-state index in [4.69, 9.17) is 9.47 Å². The highest BCUT2D eigenvalue weighted by molar-refractivity contribution is 5.79. The molecule has 27 heavy (non-hydrogen) atoms. The number of benzene rings is 1. The molecule has 0 bridgehead atoms. The van der Waals surface area contributed by atoms with Crippen molar-refractivity contribution in [2.75, 3.05) is 46.0 Å². The van der Waals surface area contributed by atoms with Crippen LogP contribution in [0, 0.1) is 0 Å². The molecule has 1 atom stereocenters. The molecular weight excluding hydrogens is 346 g/mol. The van der Waals surface area contributed by atoms with Crippen LogP contribution in [0.2, 0.25) is 0 Å². The number of carbonyl (C=O) groups is 2. The summed E-state index contributed by atoms with van der Waals surface area (Å²) in [5.41, 5.74) is -0.0683. The summed E-state index contributed by atoms with van der Waals surface area (Å²) in [6.45, 7) is 4.00. The van der Waals surface area contributed by atoms with Crippen molar-refractivity contribution in [1.82, 2.24) is 15.1 Å². The monoisotopic (exact) mass is 373 g/mol. The van der Waals surface area contributed by atoms with E-state index >= 15 is 0 Å². The second-order valence-electron chi connectivity index (χ2n) is 7.65. The first-order valence-corrected chi connectivity index (χ1v) is 9.73. The molecule has 3 heterocycles. The molecule has 0 aliphatic carbocycles. The highest BCUT2D eigenvalue weighted by atomic mass is 16.5. The van der Waals surface area contributed by atoms with E-state index < -0.39 is 0 Å². The molecule has 2 amide bonds. The van der Waals surface area contributed by atoms with Gasteiger partial charge in [-0.15, -0.1) is 0 Å². The standard InChI is InChI=1S/C20H27N3O4/c24-18-12-23(20(14-21-18)8-11-26-15-20)16-6-9-22(10-7-16)19(25)13-27-17-4-2-1-3-5-17/h1-5,16H,6-15H2,(H,21,24). The van der Waals surface area contributed by atoms with Crippen LogP contribution in [0.1, 0.15) is 19.3 Å². The number of nitrogens with zero attached hydrogens (tertiary/aromatic N) is 2. The molecule has 0 aromatic heterocycles. The normalized spacial score (nSPS) is 27.0. The molecule has 0 radical (unpaired) electrons. The van der Waals surface area contributed by atoms with Crippen molar-refractivity contribution in [1.29, 1.82) is 0 Å². The van der Waals surface area contributed by atoms with Crippen molar-refractivity contribution < 1.29 is 19.1 Å². The maximum Gasteiger partial charge on any atom is 0.260 e. The van der Waals surface area contributed by atoms with Crippen LogP contribution >= 0.6 is 0 Å². The summed E-state index contributed by atoms with van der Waals surface area (Å²) in [7, 11) is 0. The first-order valence-electron chi connectivity index (χ1n) is 9.73. The topological polar surface area (TPSA) is 71.1 Å². The Hall–Kier alpha value is -2.12. The van der Waals surface area contributed by atoms with Gasteiger partial charge in [-0.05, 0) is 31.4 Å². The predicted molar refractivity (Wildman–Crippen MR) is 99.4 cm³/mol. The van der Waals surface area contributed by atoms with Crippen LogP contribution in [-0.2, 0) is 14.3 Å². The highest BCUT2D eigenvalue weighted by Crippen LogP contribution is 2.32. The first kappa shape index (κ1) is 18.3. The van der Waals surface area contributed by atoms with Crippen molar-refractivity contribution in [3.8, 4) is 5.75 Å². The van der Waals surface area contributed by atoms with E-state index in [1.807, 2.05) is 35.2 Å². The van der Waals surface area contributed by atoms with Gasteiger partial charge in [0.05, 0.1) is 18.7 Å². The number of ether oxygens (including phenoxy) is 2. The molecule has 1 aromatic rings. The number of nitrogens with one attached hydrogen (secondary N) is 1. The second kappa shape index (κ2) is 7.86. The molecule has 7 nitrogen and oxygen atoms in total. The Balaban J connectivity index is 1.31. The van der Waals surface area contributed by atoms with Gasteiger partial charge in [0.15, 0.2) is 6.61 Å². The van der Waals surface area contributed by atoms with Gasteiger partial charge < -0.3 is 19.7 Å². The Morgan fingerprint density at radius 3 is 2.74 bits per heavy atom. The van der Waals surface area contributed by atoms with Crippen LogP contribution in [0.15, 0.2) is 30.3 Å². The number of carbonyl (C=O) groups excluding carboxylic acids is 2. The number of hydrogen-bond donors (Lipinski definition) is 1. The van der Waals surface area contributed by atoms with Crippen LogP contribution in [-0.4, -0.2) is 79.2 Å². The van der Waals surface area contributed by atoms with Crippen molar-refractivity contribution in [2.45, 2.75) is 30.8 Å². The van der Waals surface area contributed by atoms with Crippen LogP contribution in [0.5, 0.6) is 5.75 Å². The van der Waals surface area contributed by atoms with Gasteiger partial charge in [0.25, 0.3) is 5.91 Å². The Labute approximate surface area is 159 Å². The highest BCUT2D eigenvalue weighted by Gasteiger charge is 2.47. The number of para-hydroxylation sites is 1. The van der Waals surface area contributed by atoms with Crippen LogP contribution < -0.4 is 10.1 Å². The average Bonchev–Trinajstić information content (AvgIpc) is 3.18. The van der Waals surface area contributed by atoms with E-state index in [1.54, 1.807) is 0 Å². The molecule has 1 aromatic carbocycles. The minimum atomic E-state index is -0.0683. The molecular formula is C20H27N3O4. The van der Waals surface area contributed by atoms with E-state index in [2.05, 4.69) is 10.2 Å². The minimum Gasteiger partial charge on any atom is -0.484 e. The van der Waals surface area contributed by atoms with Crippen molar-refractivity contribution in [3.63, 3.8) is 0 Å². The lowest BCUT2D eigenvalue weighted by atomic mass is 9.89. The predicted octanol–water partition coefficient (Wildman–Crippen LogP) is 0.647. The third-order valence-electron chi connectivity index (χ3n) is 5.98. The van der Waals surface area contributed by atoms with Gasteiger partial charge in [0.1, 0.15) is 5.75 Å². The van der Waals surface area contributed by atoms with Crippen molar-refractivity contribution >= 4 is 11.8 Å². The first-order chi connectivity index (χ1) is 13.2. The summed E-state index contributed by atoms with van der Waals surface area (Å²) >= 11 is 0. The summed E-state index contributed by atoms with van der Waals surface area (Å²) in [6, 6.07) is 9.72. The summed E-state index contributed by atoms with van der Waals surface area (Å²) in [4.78, 5) is 28.7. The zero-order valence-corrected chi connectivity index (χ0v) is 15.6. The number of piperidine rings is 1. The molecule has 3 saturated heterocycles. The van der Waals surface area contributed by atoms with Crippen LogP contribution in [0.25, 0.3) is 0 Å². The largest absolute Gasteiger partial charge is 0.484 e. The zero-order chi connectivity index (χ0) is 18.7. The zero-order valence-electron chi connectivity index (χ0n) is 15.6. The minimum absolute atomic E-state index is 0.0209. The lowest BCUT2D eigenvalue weighted by Crippen LogP contribution is -2.67. The molecule has 4 rings (SSSR count). The number of piperazine rings is 1. The van der Waals surface area contributed by atoms with Gasteiger partial charge in [0.2, 0.25) is 5.91 Å². The molecule has 3 fully saturated rings. The third kappa shape index (κ3) is 3.94. The average molecular weight is 373 g/mol. The quantitative estimate of drug-likeness (QED) is 0.839. The fourth-order valence-electron chi connectivity index (χ4n) is 4.40. The Morgan fingerprint density at radius 2 is 2.04 bits per heavy atom. The van der Waals surface area contributed by atoms with E-state index in [9.17, 15) is 9.59 Å². The summed E-state index contributed by atoms with van der Waals surface area (Å²) in [5, 5.41) is 3.00. The second-order valence-corrected chi connectivity index (χ2v) is 7.65. The van der Waals surface area contributed by atoms with Crippen LogP contribution in [0.3, 0.4) is 0 Å². The smallest absolute Gasteiger partial charge is 0.260 e. The molecule has 3 aliphatic heterocycles. The Kier molecular flexibility index (Phi) is 5.31. The molecule has 3 aliphatic rings. The van der Waals surface area contributed by atoms with E-state index in [0.717, 1.165) is 25.9 Å². The Bertz CT molecular complexity index is 667. The molecule has 1 unspecified atom stereocenters. The van der Waals surface area contributed by atoms with Gasteiger partial charge in [-0.1, -0.05) is 18.2 Å².